The first kappa shape index (κ1) is 26.6. The number of carbonyl (C=O) groups excluding carboxylic acids is 2. The van der Waals surface area contributed by atoms with Crippen molar-refractivity contribution in [2.24, 2.45) is 5.92 Å². The van der Waals surface area contributed by atoms with Gasteiger partial charge < -0.3 is 10.1 Å². The van der Waals surface area contributed by atoms with Crippen molar-refractivity contribution in [2.45, 2.75) is 16.7 Å². The van der Waals surface area contributed by atoms with Crippen LogP contribution >= 0.6 is 46.4 Å². The third kappa shape index (κ3) is 5.16. The molecular weight excluding hydrogens is 561 g/mol. The summed E-state index contributed by atoms with van der Waals surface area (Å²) in [5.41, 5.74) is 0.573. The molecule has 2 atom stereocenters. The second kappa shape index (κ2) is 10.1. The summed E-state index contributed by atoms with van der Waals surface area (Å²) in [7, 11) is 1.30. The predicted molar refractivity (Wildman–Crippen MR) is 133 cm³/mol. The molecule has 36 heavy (non-hydrogen) atoms. The van der Waals surface area contributed by atoms with E-state index >= 15 is 0 Å². The molecule has 0 saturated heterocycles. The minimum absolute atomic E-state index is 0.0129. The maximum Gasteiger partial charge on any atom is 0.231 e. The molecule has 0 heterocycles. The summed E-state index contributed by atoms with van der Waals surface area (Å²) >= 11 is 24.8. The number of nitrogens with one attached hydrogen (secondary N) is 1. The van der Waals surface area contributed by atoms with Crippen LogP contribution in [0.1, 0.15) is 27.4 Å². The first-order valence-electron chi connectivity index (χ1n) is 10.4. The Bertz CT molecular complexity index is 1380. The molecule has 3 aromatic carbocycles. The molecule has 1 fully saturated rings. The van der Waals surface area contributed by atoms with Gasteiger partial charge in [-0.05, 0) is 41.5 Å². The van der Waals surface area contributed by atoms with E-state index in [0.717, 1.165) is 18.2 Å². The molecule has 188 valence electrons. The summed E-state index contributed by atoms with van der Waals surface area (Å²) < 4.78 is 44.6. The Labute approximate surface area is 224 Å². The van der Waals surface area contributed by atoms with Crippen molar-refractivity contribution in [1.82, 2.24) is 0 Å². The van der Waals surface area contributed by atoms with Crippen LogP contribution in [0.4, 0.5) is 18.9 Å². The highest BCUT2D eigenvalue weighted by molar-refractivity contribution is 6.53. The van der Waals surface area contributed by atoms with Crippen molar-refractivity contribution in [1.29, 1.82) is 0 Å². The molecule has 0 radical (unpaired) electrons. The van der Waals surface area contributed by atoms with E-state index in [1.165, 1.54) is 31.4 Å². The Morgan fingerprint density at radius 3 is 2.33 bits per heavy atom. The van der Waals surface area contributed by atoms with E-state index in [4.69, 9.17) is 51.1 Å². The number of ether oxygens (including phenoxy) is 1. The average molecular weight is 577 g/mol. The molecule has 1 aliphatic carbocycles. The highest BCUT2D eigenvalue weighted by Gasteiger charge is 2.67. The van der Waals surface area contributed by atoms with Crippen molar-refractivity contribution in [2.75, 3.05) is 12.4 Å². The minimum Gasteiger partial charge on any atom is -0.494 e. The fourth-order valence-corrected chi connectivity index (χ4v) is 5.32. The number of hydrogen-bond acceptors (Lipinski definition) is 3. The Morgan fingerprint density at radius 2 is 1.69 bits per heavy atom. The van der Waals surface area contributed by atoms with Gasteiger partial charge in [-0.2, -0.15) is 0 Å². The highest BCUT2D eigenvalue weighted by Crippen LogP contribution is 2.65. The number of benzene rings is 3. The SMILES string of the molecule is COc1c(Cl)cc(NC(=O)C2C(c3ccc(F)c(Cl)c3)C2(Cl)Cl)cc1C(=O)Cc1ccc(F)cc1F. The molecule has 4 rings (SSSR count). The number of ketones is 1. The van der Waals surface area contributed by atoms with E-state index in [2.05, 4.69) is 5.32 Å². The normalized spacial score (nSPS) is 18.0. The van der Waals surface area contributed by atoms with Crippen LogP contribution in [0.15, 0.2) is 48.5 Å². The third-order valence-corrected chi connectivity index (χ3v) is 7.33. The standard InChI is InChI=1S/C25H16Cl4F3NO3/c1-36-23-15(20(34)7-11-2-4-13(30)8-19(11)32)9-14(10-17(23)27)33-24(35)22-21(25(22,28)29)12-3-5-18(31)16(26)6-12/h2-6,8-10,21-22H,7H2,1H3,(H,33,35). The lowest BCUT2D eigenvalue weighted by Gasteiger charge is -2.13. The summed E-state index contributed by atoms with van der Waals surface area (Å²) in [5.74, 6) is -4.96. The van der Waals surface area contributed by atoms with Crippen LogP contribution in [-0.4, -0.2) is 23.1 Å². The number of methoxy groups -OCH3 is 1. The summed E-state index contributed by atoms with van der Waals surface area (Å²) in [6.45, 7) is 0. The summed E-state index contributed by atoms with van der Waals surface area (Å²) in [4.78, 5) is 26.0. The van der Waals surface area contributed by atoms with Gasteiger partial charge in [-0.3, -0.25) is 9.59 Å². The molecular formula is C25H16Cl4F3NO3. The van der Waals surface area contributed by atoms with Gasteiger partial charge in [-0.1, -0.05) is 35.3 Å². The van der Waals surface area contributed by atoms with Crippen LogP contribution in [0.3, 0.4) is 0 Å². The minimum atomic E-state index is -1.47. The van der Waals surface area contributed by atoms with Crippen LogP contribution < -0.4 is 10.1 Å². The topological polar surface area (TPSA) is 55.4 Å². The quantitative estimate of drug-likeness (QED) is 0.236. The van der Waals surface area contributed by atoms with E-state index in [-0.39, 0.29) is 32.6 Å². The molecule has 1 amide bonds. The molecule has 1 N–H and O–H groups in total. The van der Waals surface area contributed by atoms with E-state index in [1.54, 1.807) is 0 Å². The van der Waals surface area contributed by atoms with Crippen molar-refractivity contribution in [3.05, 3.63) is 92.7 Å². The molecule has 0 aromatic heterocycles. The largest absolute Gasteiger partial charge is 0.494 e. The fraction of sp³-hybridized carbons (Fsp3) is 0.200. The summed E-state index contributed by atoms with van der Waals surface area (Å²) in [5, 5.41) is 2.50. The molecule has 2 unspecified atom stereocenters. The van der Waals surface area contributed by atoms with Crippen LogP contribution in [0.5, 0.6) is 5.75 Å². The smallest absolute Gasteiger partial charge is 0.231 e. The zero-order valence-electron chi connectivity index (χ0n) is 18.4. The number of alkyl halides is 2. The van der Waals surface area contributed by atoms with Gasteiger partial charge in [-0.25, -0.2) is 13.2 Å². The van der Waals surface area contributed by atoms with E-state index in [0.29, 0.717) is 11.6 Å². The molecule has 4 nitrogen and oxygen atoms in total. The lowest BCUT2D eigenvalue weighted by Crippen LogP contribution is -2.18. The number of hydrogen-bond donors (Lipinski definition) is 1. The maximum atomic E-state index is 14.1. The third-order valence-electron chi connectivity index (χ3n) is 5.82. The number of anilines is 1. The first-order valence-corrected chi connectivity index (χ1v) is 11.9. The van der Waals surface area contributed by atoms with Gasteiger partial charge in [0.15, 0.2) is 5.78 Å². The van der Waals surface area contributed by atoms with Gasteiger partial charge in [0.2, 0.25) is 5.91 Å². The molecule has 1 saturated carbocycles. The van der Waals surface area contributed by atoms with Gasteiger partial charge >= 0.3 is 0 Å². The number of Topliss-reactive ketones (excluding diaryl/α,β-unsaturated/α-hetero) is 1. The molecule has 11 heteroatoms. The molecule has 3 aromatic rings. The average Bonchev–Trinajstić information content (AvgIpc) is 3.39. The van der Waals surface area contributed by atoms with Crippen LogP contribution in [0.2, 0.25) is 10.0 Å². The Hall–Kier alpha value is -2.45. The second-order valence-corrected chi connectivity index (χ2v) is 10.4. The highest BCUT2D eigenvalue weighted by atomic mass is 35.5. The van der Waals surface area contributed by atoms with E-state index in [1.807, 2.05) is 0 Å². The molecule has 0 aliphatic heterocycles. The van der Waals surface area contributed by atoms with Crippen LogP contribution in [-0.2, 0) is 11.2 Å². The molecule has 1 aliphatic rings. The zero-order valence-corrected chi connectivity index (χ0v) is 21.4. The Morgan fingerprint density at radius 1 is 0.972 bits per heavy atom. The lowest BCUT2D eigenvalue weighted by atomic mass is 10.0. The fourth-order valence-electron chi connectivity index (χ4n) is 4.01. The number of carbonyl (C=O) groups is 2. The monoisotopic (exact) mass is 575 g/mol. The number of amides is 1. The van der Waals surface area contributed by atoms with Gasteiger partial charge in [-0.15, -0.1) is 23.2 Å². The van der Waals surface area contributed by atoms with Crippen molar-refractivity contribution < 1.29 is 27.5 Å². The first-order chi connectivity index (χ1) is 16.9. The number of halogens is 7. The Balaban J connectivity index is 1.58. The summed E-state index contributed by atoms with van der Waals surface area (Å²) in [6, 6.07) is 9.51. The van der Waals surface area contributed by atoms with Gasteiger partial charge in [0.05, 0.1) is 28.6 Å². The second-order valence-electron chi connectivity index (χ2n) is 8.17. The van der Waals surface area contributed by atoms with Gasteiger partial charge in [0.25, 0.3) is 0 Å². The van der Waals surface area contributed by atoms with E-state index in [9.17, 15) is 22.8 Å². The Kier molecular flexibility index (Phi) is 7.49. The van der Waals surface area contributed by atoms with Crippen LogP contribution in [0.25, 0.3) is 0 Å². The van der Waals surface area contributed by atoms with Crippen molar-refractivity contribution >= 4 is 63.8 Å². The van der Waals surface area contributed by atoms with Gasteiger partial charge in [0.1, 0.15) is 27.5 Å². The van der Waals surface area contributed by atoms with Crippen molar-refractivity contribution in [3.63, 3.8) is 0 Å². The predicted octanol–water partition coefficient (Wildman–Crippen LogP) is 7.37. The molecule has 0 spiro atoms. The molecule has 0 bridgehead atoms. The maximum absolute atomic E-state index is 14.1. The lowest BCUT2D eigenvalue weighted by molar-refractivity contribution is -0.117. The number of rotatable bonds is 7. The summed E-state index contributed by atoms with van der Waals surface area (Å²) in [6.07, 6.45) is -0.404. The van der Waals surface area contributed by atoms with E-state index < -0.39 is 51.7 Å². The van der Waals surface area contributed by atoms with Crippen molar-refractivity contribution in [3.8, 4) is 5.75 Å². The van der Waals surface area contributed by atoms with Crippen LogP contribution in [0, 0.1) is 23.4 Å². The zero-order chi connectivity index (χ0) is 26.4. The van der Waals surface area contributed by atoms with Gasteiger partial charge in [0, 0.05) is 24.1 Å².